The van der Waals surface area contributed by atoms with Crippen LogP contribution in [0.3, 0.4) is 0 Å². The summed E-state index contributed by atoms with van der Waals surface area (Å²) in [6.45, 7) is 1.45. The molecule has 0 saturated carbocycles. The van der Waals surface area contributed by atoms with Crippen LogP contribution in [0.25, 0.3) is 10.9 Å². The molecule has 0 atom stereocenters. The first-order valence-corrected chi connectivity index (χ1v) is 6.60. The van der Waals surface area contributed by atoms with Crippen molar-refractivity contribution in [2.75, 3.05) is 24.6 Å². The van der Waals surface area contributed by atoms with E-state index in [-0.39, 0.29) is 0 Å². The molecule has 0 bridgehead atoms. The molecular weight excluding hydrogens is 258 g/mol. The third kappa shape index (κ3) is 2.49. The molecule has 6 heteroatoms. The van der Waals surface area contributed by atoms with Gasteiger partial charge < -0.3 is 14.7 Å². The Bertz CT molecular complexity index is 639. The van der Waals surface area contributed by atoms with E-state index < -0.39 is 12.6 Å². The molecule has 1 N–H and O–H groups in total. The Kier molecular flexibility index (Phi) is 3.37. The maximum atomic E-state index is 10.7. The average Bonchev–Trinajstić information content (AvgIpc) is 2.98. The lowest BCUT2D eigenvalue weighted by Gasteiger charge is -2.17. The summed E-state index contributed by atoms with van der Waals surface area (Å²) in [5, 5.41) is 9.48. The van der Waals surface area contributed by atoms with Crippen LogP contribution >= 0.6 is 0 Å². The van der Waals surface area contributed by atoms with Crippen molar-refractivity contribution in [1.82, 2.24) is 9.97 Å². The number of hydrogen-bond donors (Lipinski definition) is 1. The third-order valence-corrected chi connectivity index (χ3v) is 3.28. The van der Waals surface area contributed by atoms with Crippen molar-refractivity contribution < 1.29 is 14.6 Å². The molecule has 1 aromatic carbocycles. The number of fused-ring (bicyclic) bond motifs is 1. The molecule has 0 unspecified atom stereocenters. The summed E-state index contributed by atoms with van der Waals surface area (Å²) in [5.74, 6) is -0.0723. The first kappa shape index (κ1) is 12.7. The van der Waals surface area contributed by atoms with E-state index in [0.29, 0.717) is 11.8 Å². The number of ether oxygens (including phenoxy) is 1. The molecule has 20 heavy (non-hydrogen) atoms. The largest absolute Gasteiger partial charge is 0.479 e. The van der Waals surface area contributed by atoms with Gasteiger partial charge >= 0.3 is 5.97 Å². The number of nitrogens with zero attached hydrogens (tertiary/aromatic N) is 3. The number of para-hydroxylation sites is 1. The van der Waals surface area contributed by atoms with Gasteiger partial charge in [0.05, 0.1) is 10.9 Å². The van der Waals surface area contributed by atoms with Gasteiger partial charge in [-0.3, -0.25) is 0 Å². The van der Waals surface area contributed by atoms with Gasteiger partial charge in [-0.2, -0.15) is 4.98 Å². The van der Waals surface area contributed by atoms with Crippen molar-refractivity contribution in [3.8, 4) is 5.88 Å². The molecule has 1 fully saturated rings. The molecule has 104 valence electrons. The first-order chi connectivity index (χ1) is 9.74. The van der Waals surface area contributed by atoms with Crippen LogP contribution in [0, 0.1) is 0 Å². The van der Waals surface area contributed by atoms with Crippen LogP contribution in [0.2, 0.25) is 0 Å². The van der Waals surface area contributed by atoms with Gasteiger partial charge in [0.2, 0.25) is 11.8 Å². The second-order valence-electron chi connectivity index (χ2n) is 4.72. The van der Waals surface area contributed by atoms with E-state index in [1.54, 1.807) is 0 Å². The quantitative estimate of drug-likeness (QED) is 0.913. The predicted octanol–water partition coefficient (Wildman–Crippen LogP) is 1.69. The van der Waals surface area contributed by atoms with E-state index in [4.69, 9.17) is 9.84 Å². The molecule has 6 nitrogen and oxygen atoms in total. The number of anilines is 1. The van der Waals surface area contributed by atoms with Crippen LogP contribution in [-0.2, 0) is 4.79 Å². The second kappa shape index (κ2) is 5.32. The van der Waals surface area contributed by atoms with Crippen LogP contribution < -0.4 is 9.64 Å². The summed E-state index contributed by atoms with van der Waals surface area (Å²) < 4.78 is 5.30. The van der Waals surface area contributed by atoms with Crippen LogP contribution in [0.1, 0.15) is 12.8 Å². The molecule has 1 saturated heterocycles. The SMILES string of the molecule is O=C(O)COc1nc(N2CCCC2)nc2ccccc12. The number of hydrogen-bond acceptors (Lipinski definition) is 5. The first-order valence-electron chi connectivity index (χ1n) is 6.60. The fourth-order valence-corrected chi connectivity index (χ4v) is 2.33. The Morgan fingerprint density at radius 1 is 1.25 bits per heavy atom. The second-order valence-corrected chi connectivity index (χ2v) is 4.72. The molecule has 1 aliphatic heterocycles. The molecule has 0 radical (unpaired) electrons. The Morgan fingerprint density at radius 3 is 2.75 bits per heavy atom. The molecular formula is C14H15N3O3. The van der Waals surface area contributed by atoms with Crippen molar-refractivity contribution in [2.45, 2.75) is 12.8 Å². The van der Waals surface area contributed by atoms with Gasteiger partial charge in [-0.25, -0.2) is 9.78 Å². The topological polar surface area (TPSA) is 75.6 Å². The molecule has 2 heterocycles. The molecule has 0 amide bonds. The van der Waals surface area contributed by atoms with Crippen LogP contribution in [-0.4, -0.2) is 40.7 Å². The van der Waals surface area contributed by atoms with E-state index >= 15 is 0 Å². The summed E-state index contributed by atoms with van der Waals surface area (Å²) in [6.07, 6.45) is 2.25. The number of carbonyl (C=O) groups is 1. The summed E-state index contributed by atoms with van der Waals surface area (Å²) >= 11 is 0. The Labute approximate surface area is 116 Å². The van der Waals surface area contributed by atoms with Crippen molar-refractivity contribution >= 4 is 22.8 Å². The fraction of sp³-hybridized carbons (Fsp3) is 0.357. The van der Waals surface area contributed by atoms with E-state index in [1.807, 2.05) is 24.3 Å². The van der Waals surface area contributed by atoms with Crippen LogP contribution in [0.15, 0.2) is 24.3 Å². The van der Waals surface area contributed by atoms with Crippen molar-refractivity contribution in [2.24, 2.45) is 0 Å². The zero-order chi connectivity index (χ0) is 13.9. The smallest absolute Gasteiger partial charge is 0.341 e. The number of aliphatic carboxylic acids is 1. The highest BCUT2D eigenvalue weighted by molar-refractivity contribution is 5.84. The van der Waals surface area contributed by atoms with Gasteiger partial charge in [-0.05, 0) is 25.0 Å². The standard InChI is InChI=1S/C14H15N3O3/c18-12(19)9-20-13-10-5-1-2-6-11(10)15-14(16-13)17-7-3-4-8-17/h1-2,5-6H,3-4,7-9H2,(H,18,19). The summed E-state index contributed by atoms with van der Waals surface area (Å²) in [6, 6.07) is 7.46. The summed E-state index contributed by atoms with van der Waals surface area (Å²) in [7, 11) is 0. The maximum Gasteiger partial charge on any atom is 0.341 e. The molecule has 2 aromatic rings. The number of rotatable bonds is 4. The molecule has 1 aliphatic rings. The van der Waals surface area contributed by atoms with Gasteiger partial charge in [0.25, 0.3) is 0 Å². The monoisotopic (exact) mass is 273 g/mol. The normalized spacial score (nSPS) is 14.7. The highest BCUT2D eigenvalue weighted by Gasteiger charge is 2.18. The number of carboxylic acids is 1. The zero-order valence-corrected chi connectivity index (χ0v) is 11.0. The van der Waals surface area contributed by atoms with Crippen molar-refractivity contribution in [3.05, 3.63) is 24.3 Å². The van der Waals surface area contributed by atoms with Crippen molar-refractivity contribution in [3.63, 3.8) is 0 Å². The molecule has 0 spiro atoms. The fourth-order valence-electron chi connectivity index (χ4n) is 2.33. The van der Waals surface area contributed by atoms with Gasteiger partial charge in [0, 0.05) is 13.1 Å². The molecule has 3 rings (SSSR count). The van der Waals surface area contributed by atoms with E-state index in [9.17, 15) is 4.79 Å². The zero-order valence-electron chi connectivity index (χ0n) is 11.0. The van der Waals surface area contributed by atoms with Gasteiger partial charge in [-0.15, -0.1) is 0 Å². The van der Waals surface area contributed by atoms with Gasteiger partial charge in [-0.1, -0.05) is 12.1 Å². The lowest BCUT2D eigenvalue weighted by molar-refractivity contribution is -0.139. The number of benzene rings is 1. The van der Waals surface area contributed by atoms with Gasteiger partial charge in [0.15, 0.2) is 6.61 Å². The van der Waals surface area contributed by atoms with Crippen molar-refractivity contribution in [1.29, 1.82) is 0 Å². The number of aromatic nitrogens is 2. The highest BCUT2D eigenvalue weighted by atomic mass is 16.5. The van der Waals surface area contributed by atoms with Gasteiger partial charge in [0.1, 0.15) is 0 Å². The summed E-state index contributed by atoms with van der Waals surface area (Å²) in [5.41, 5.74) is 0.768. The maximum absolute atomic E-state index is 10.7. The average molecular weight is 273 g/mol. The molecule has 0 aliphatic carbocycles. The lowest BCUT2D eigenvalue weighted by Crippen LogP contribution is -2.21. The van der Waals surface area contributed by atoms with E-state index in [1.165, 1.54) is 0 Å². The Balaban J connectivity index is 2.02. The van der Waals surface area contributed by atoms with Crippen LogP contribution in [0.5, 0.6) is 5.88 Å². The summed E-state index contributed by atoms with van der Waals surface area (Å²) in [4.78, 5) is 21.7. The minimum atomic E-state index is -1.02. The Morgan fingerprint density at radius 2 is 2.00 bits per heavy atom. The highest BCUT2D eigenvalue weighted by Crippen LogP contribution is 2.26. The Hall–Kier alpha value is -2.37. The minimum Gasteiger partial charge on any atom is -0.479 e. The lowest BCUT2D eigenvalue weighted by atomic mass is 10.2. The molecule has 1 aromatic heterocycles. The predicted molar refractivity (Wildman–Crippen MR) is 74.1 cm³/mol. The third-order valence-electron chi connectivity index (χ3n) is 3.28. The van der Waals surface area contributed by atoms with E-state index in [0.717, 1.165) is 36.8 Å². The number of carboxylic acid groups (broad SMARTS) is 1. The van der Waals surface area contributed by atoms with Crippen LogP contribution in [0.4, 0.5) is 5.95 Å². The van der Waals surface area contributed by atoms with E-state index in [2.05, 4.69) is 14.9 Å². The minimum absolute atomic E-state index is 0.333.